The van der Waals surface area contributed by atoms with E-state index in [9.17, 15) is 9.59 Å². The van der Waals surface area contributed by atoms with E-state index >= 15 is 0 Å². The van der Waals surface area contributed by atoms with Gasteiger partial charge in [0.2, 0.25) is 0 Å². The molecular weight excluding hydrogens is 372 g/mol. The van der Waals surface area contributed by atoms with Gasteiger partial charge in [-0.1, -0.05) is 26.8 Å². The van der Waals surface area contributed by atoms with Crippen LogP contribution in [0.2, 0.25) is 0 Å². The Morgan fingerprint density at radius 2 is 2.03 bits per heavy atom. The summed E-state index contributed by atoms with van der Waals surface area (Å²) >= 11 is 0. The number of aromatic nitrogens is 1. The topological polar surface area (TPSA) is 59.1 Å². The van der Waals surface area contributed by atoms with Gasteiger partial charge in [-0.25, -0.2) is 0 Å². The first-order valence-electron chi connectivity index (χ1n) is 11.4. The van der Waals surface area contributed by atoms with Crippen molar-refractivity contribution in [3.63, 3.8) is 0 Å². The predicted molar refractivity (Wildman–Crippen MR) is 122 cm³/mol. The number of carbonyl (C=O) groups is 2. The number of fused-ring (bicyclic) bond motifs is 3. The summed E-state index contributed by atoms with van der Waals surface area (Å²) < 4.78 is 0. The Hall–Kier alpha value is -2.49. The smallest absolute Gasteiger partial charge is 0.255 e. The van der Waals surface area contributed by atoms with E-state index in [1.165, 1.54) is 11.1 Å². The molecule has 0 saturated heterocycles. The van der Waals surface area contributed by atoms with Gasteiger partial charge in [0.15, 0.2) is 0 Å². The standard InChI is InChI=1S/C24H28N2O2.C2H6/c1-3-24-12-11-20(27)15-19(24)7-4-6-17-14-18(9-10-21(17)24)23(28)26-22-8-5-13-25-16(22)2;1-2/h5,8-10,13-14,19H,3-4,6-7,11-12,15H2,1-2H3,(H,26,28);1-2H3/t19?,24-;/m1./s1. The van der Waals surface area contributed by atoms with Crippen LogP contribution in [0.3, 0.4) is 0 Å². The van der Waals surface area contributed by atoms with Gasteiger partial charge in [0.25, 0.3) is 5.91 Å². The molecule has 0 radical (unpaired) electrons. The maximum atomic E-state index is 12.8. The first-order valence-corrected chi connectivity index (χ1v) is 11.4. The number of aryl methyl sites for hydroxylation is 2. The van der Waals surface area contributed by atoms with Gasteiger partial charge in [-0.05, 0) is 85.8 Å². The number of pyridine rings is 1. The summed E-state index contributed by atoms with van der Waals surface area (Å²) in [5.74, 6) is 0.766. The fraction of sp³-hybridized carbons (Fsp3) is 0.500. The molecule has 2 aliphatic rings. The van der Waals surface area contributed by atoms with Crippen molar-refractivity contribution in [2.45, 2.75) is 78.1 Å². The van der Waals surface area contributed by atoms with Gasteiger partial charge >= 0.3 is 0 Å². The SMILES string of the molecule is CC.CC[C@@]12CCC(=O)CC1CCCc1cc(C(=O)Nc3cccnc3C)ccc12. The number of Topliss-reactive ketones (excluding diaryl/α,β-unsaturated/α-hetero) is 1. The molecule has 0 aliphatic heterocycles. The van der Waals surface area contributed by atoms with E-state index in [2.05, 4.69) is 29.4 Å². The lowest BCUT2D eigenvalue weighted by Gasteiger charge is -2.43. The van der Waals surface area contributed by atoms with E-state index < -0.39 is 0 Å². The molecule has 1 amide bonds. The summed E-state index contributed by atoms with van der Waals surface area (Å²) in [4.78, 5) is 29.2. The van der Waals surface area contributed by atoms with Gasteiger partial charge in [0, 0.05) is 24.6 Å². The molecule has 160 valence electrons. The van der Waals surface area contributed by atoms with Crippen LogP contribution >= 0.6 is 0 Å². The Labute approximate surface area is 180 Å². The molecule has 2 aromatic rings. The monoisotopic (exact) mass is 406 g/mol. The van der Waals surface area contributed by atoms with Crippen molar-refractivity contribution in [2.24, 2.45) is 5.92 Å². The Bertz CT molecular complexity index is 921. The van der Waals surface area contributed by atoms with Crippen molar-refractivity contribution in [3.8, 4) is 0 Å². The molecule has 4 rings (SSSR count). The molecule has 4 heteroatoms. The maximum Gasteiger partial charge on any atom is 0.255 e. The highest BCUT2D eigenvalue weighted by molar-refractivity contribution is 6.04. The maximum absolute atomic E-state index is 12.8. The highest BCUT2D eigenvalue weighted by Gasteiger charge is 2.45. The van der Waals surface area contributed by atoms with Crippen molar-refractivity contribution >= 4 is 17.4 Å². The molecule has 0 bridgehead atoms. The van der Waals surface area contributed by atoms with Gasteiger partial charge in [-0.3, -0.25) is 14.6 Å². The quantitative estimate of drug-likeness (QED) is 0.678. The van der Waals surface area contributed by atoms with E-state index in [0.717, 1.165) is 49.9 Å². The second-order valence-electron chi connectivity index (χ2n) is 8.30. The summed E-state index contributed by atoms with van der Waals surface area (Å²) in [5, 5.41) is 2.99. The zero-order chi connectivity index (χ0) is 21.7. The van der Waals surface area contributed by atoms with Crippen LogP contribution in [0.15, 0.2) is 36.5 Å². The molecule has 1 fully saturated rings. The van der Waals surface area contributed by atoms with Crippen molar-refractivity contribution in [1.29, 1.82) is 0 Å². The number of ketones is 1. The number of benzene rings is 1. The molecule has 1 saturated carbocycles. The fourth-order valence-corrected chi connectivity index (χ4v) is 5.30. The highest BCUT2D eigenvalue weighted by Crippen LogP contribution is 2.50. The molecule has 2 atom stereocenters. The van der Waals surface area contributed by atoms with Crippen LogP contribution in [0.1, 0.15) is 86.5 Å². The lowest BCUT2D eigenvalue weighted by molar-refractivity contribution is -0.123. The first-order chi connectivity index (χ1) is 14.5. The third-order valence-corrected chi connectivity index (χ3v) is 6.89. The van der Waals surface area contributed by atoms with E-state index in [-0.39, 0.29) is 11.3 Å². The molecule has 1 heterocycles. The number of rotatable bonds is 3. The van der Waals surface area contributed by atoms with Crippen molar-refractivity contribution in [2.75, 3.05) is 5.32 Å². The zero-order valence-corrected chi connectivity index (χ0v) is 18.8. The minimum atomic E-state index is -0.0935. The Balaban J connectivity index is 0.00000124. The molecule has 30 heavy (non-hydrogen) atoms. The third kappa shape index (κ3) is 4.19. The van der Waals surface area contributed by atoms with Crippen LogP contribution in [-0.2, 0) is 16.6 Å². The average Bonchev–Trinajstić information content (AvgIpc) is 2.93. The van der Waals surface area contributed by atoms with E-state index in [1.54, 1.807) is 6.20 Å². The van der Waals surface area contributed by atoms with Gasteiger partial charge in [0.05, 0.1) is 11.4 Å². The molecule has 1 N–H and O–H groups in total. The van der Waals surface area contributed by atoms with Crippen LogP contribution < -0.4 is 5.32 Å². The number of hydrogen-bond donors (Lipinski definition) is 1. The second-order valence-corrected chi connectivity index (χ2v) is 8.30. The summed E-state index contributed by atoms with van der Waals surface area (Å²) in [5.41, 5.74) is 5.00. The molecule has 1 aromatic carbocycles. The van der Waals surface area contributed by atoms with Gasteiger partial charge in [-0.15, -0.1) is 0 Å². The Morgan fingerprint density at radius 3 is 2.77 bits per heavy atom. The summed E-state index contributed by atoms with van der Waals surface area (Å²) in [7, 11) is 0. The van der Waals surface area contributed by atoms with Crippen molar-refractivity contribution in [1.82, 2.24) is 4.98 Å². The van der Waals surface area contributed by atoms with Crippen LogP contribution in [-0.4, -0.2) is 16.7 Å². The van der Waals surface area contributed by atoms with Crippen LogP contribution in [0.5, 0.6) is 0 Å². The fourth-order valence-electron chi connectivity index (χ4n) is 5.30. The zero-order valence-electron chi connectivity index (χ0n) is 18.8. The Morgan fingerprint density at radius 1 is 1.23 bits per heavy atom. The largest absolute Gasteiger partial charge is 0.320 e. The van der Waals surface area contributed by atoms with Crippen molar-refractivity contribution in [3.05, 3.63) is 58.9 Å². The number of nitrogens with one attached hydrogen (secondary N) is 1. The highest BCUT2D eigenvalue weighted by atomic mass is 16.1. The van der Waals surface area contributed by atoms with Crippen molar-refractivity contribution < 1.29 is 9.59 Å². The number of nitrogens with zero attached hydrogens (tertiary/aromatic N) is 1. The Kier molecular flexibility index (Phi) is 7.06. The number of amides is 1. The van der Waals surface area contributed by atoms with E-state index in [1.807, 2.05) is 39.0 Å². The lowest BCUT2D eigenvalue weighted by atomic mass is 9.60. The molecule has 1 unspecified atom stereocenters. The first kappa shape index (κ1) is 22.2. The molecule has 4 nitrogen and oxygen atoms in total. The minimum Gasteiger partial charge on any atom is -0.320 e. The second kappa shape index (κ2) is 9.55. The van der Waals surface area contributed by atoms with Gasteiger partial charge in [-0.2, -0.15) is 0 Å². The molecule has 0 spiro atoms. The predicted octanol–water partition coefficient (Wildman–Crippen LogP) is 6.02. The normalized spacial score (nSPS) is 22.7. The number of carbonyl (C=O) groups excluding carboxylic acids is 2. The summed E-state index contributed by atoms with van der Waals surface area (Å²) in [6, 6.07) is 9.90. The van der Waals surface area contributed by atoms with E-state index in [0.29, 0.717) is 23.7 Å². The lowest BCUT2D eigenvalue weighted by Crippen LogP contribution is -2.40. The van der Waals surface area contributed by atoms with Crippen LogP contribution in [0, 0.1) is 12.8 Å². The summed E-state index contributed by atoms with van der Waals surface area (Å²) in [6.45, 7) is 8.14. The number of hydrogen-bond acceptors (Lipinski definition) is 3. The van der Waals surface area contributed by atoms with Crippen LogP contribution in [0.4, 0.5) is 5.69 Å². The third-order valence-electron chi connectivity index (χ3n) is 6.89. The summed E-state index contributed by atoms with van der Waals surface area (Å²) in [6.07, 6.45) is 8.29. The van der Waals surface area contributed by atoms with E-state index in [4.69, 9.17) is 0 Å². The minimum absolute atomic E-state index is 0.0920. The average molecular weight is 407 g/mol. The van der Waals surface area contributed by atoms with Crippen LogP contribution in [0.25, 0.3) is 0 Å². The molecule has 1 aromatic heterocycles. The molecule has 2 aliphatic carbocycles. The van der Waals surface area contributed by atoms with Gasteiger partial charge in [0.1, 0.15) is 5.78 Å². The van der Waals surface area contributed by atoms with Gasteiger partial charge < -0.3 is 5.32 Å². The molecular formula is C26H34N2O2. The number of anilines is 1.